The minimum Gasteiger partial charge on any atom is -0.350 e. The topological polar surface area (TPSA) is 65.6 Å². The van der Waals surface area contributed by atoms with Gasteiger partial charge in [0.15, 0.2) is 11.3 Å². The molecule has 18 heavy (non-hydrogen) atoms. The fourth-order valence-corrected chi connectivity index (χ4v) is 2.06. The van der Waals surface area contributed by atoms with Crippen LogP contribution in [0.25, 0.3) is 22.3 Å². The van der Waals surface area contributed by atoms with Crippen molar-refractivity contribution in [3.63, 3.8) is 0 Å². The molecule has 0 atom stereocenters. The van der Waals surface area contributed by atoms with Gasteiger partial charge in [-0.05, 0) is 22.6 Å². The number of pyridine rings is 1. The lowest BCUT2D eigenvalue weighted by atomic mass is 10.1. The summed E-state index contributed by atoms with van der Waals surface area (Å²) >= 11 is 0. The van der Waals surface area contributed by atoms with E-state index in [1.165, 1.54) is 4.68 Å². The minimum absolute atomic E-state index is 0.0541. The Labute approximate surface area is 102 Å². The number of tetrazole rings is 1. The lowest BCUT2D eigenvalue weighted by Gasteiger charge is -2.07. The van der Waals surface area contributed by atoms with E-state index in [1.54, 1.807) is 13.2 Å². The Morgan fingerprint density at radius 2 is 1.94 bits per heavy atom. The Kier molecular flexibility index (Phi) is 2.22. The first-order valence-electron chi connectivity index (χ1n) is 5.49. The first-order chi connectivity index (χ1) is 8.68. The third-order valence-corrected chi connectivity index (χ3v) is 2.96. The average molecular weight is 241 g/mol. The van der Waals surface area contributed by atoms with Crippen LogP contribution in [-0.2, 0) is 14.1 Å². The standard InChI is InChI=1S/C12H11N5O/c1-16-7-9(12-13-14-15-17(12)2)11(18)8-5-3-4-6-10(8)16/h3-7H,1-2H3. The highest BCUT2D eigenvalue weighted by Gasteiger charge is 2.13. The SMILES string of the molecule is Cn1nnnc1-c1cn(C)c2ccccc2c1=O. The molecule has 2 heterocycles. The Balaban J connectivity index is 2.43. The molecule has 2 aromatic heterocycles. The van der Waals surface area contributed by atoms with E-state index >= 15 is 0 Å². The van der Waals surface area contributed by atoms with E-state index in [4.69, 9.17) is 0 Å². The highest BCUT2D eigenvalue weighted by atomic mass is 16.1. The highest BCUT2D eigenvalue weighted by Crippen LogP contribution is 2.15. The summed E-state index contributed by atoms with van der Waals surface area (Å²) in [5.74, 6) is 0.473. The second kappa shape index (κ2) is 3.76. The van der Waals surface area contributed by atoms with Crippen LogP contribution in [-0.4, -0.2) is 24.8 Å². The molecule has 90 valence electrons. The van der Waals surface area contributed by atoms with Crippen molar-refractivity contribution in [2.24, 2.45) is 14.1 Å². The zero-order valence-electron chi connectivity index (χ0n) is 10.0. The number of nitrogens with zero attached hydrogens (tertiary/aromatic N) is 5. The smallest absolute Gasteiger partial charge is 0.200 e. The fourth-order valence-electron chi connectivity index (χ4n) is 2.06. The van der Waals surface area contributed by atoms with Gasteiger partial charge in [-0.1, -0.05) is 12.1 Å². The maximum Gasteiger partial charge on any atom is 0.200 e. The summed E-state index contributed by atoms with van der Waals surface area (Å²) in [6, 6.07) is 7.48. The van der Waals surface area contributed by atoms with Crippen LogP contribution >= 0.6 is 0 Å². The summed E-state index contributed by atoms with van der Waals surface area (Å²) in [6.45, 7) is 0. The van der Waals surface area contributed by atoms with Gasteiger partial charge in [0.2, 0.25) is 0 Å². The molecule has 1 aromatic carbocycles. The summed E-state index contributed by atoms with van der Waals surface area (Å²) in [7, 11) is 3.61. The number of para-hydroxylation sites is 1. The zero-order valence-corrected chi connectivity index (χ0v) is 10.0. The van der Waals surface area contributed by atoms with Gasteiger partial charge in [0, 0.05) is 25.7 Å². The fraction of sp³-hybridized carbons (Fsp3) is 0.167. The molecular weight excluding hydrogens is 230 g/mol. The van der Waals surface area contributed by atoms with Gasteiger partial charge in [-0.3, -0.25) is 4.79 Å². The molecule has 0 radical (unpaired) electrons. The molecule has 0 spiro atoms. The largest absolute Gasteiger partial charge is 0.350 e. The van der Waals surface area contributed by atoms with Gasteiger partial charge in [0.05, 0.1) is 11.1 Å². The summed E-state index contributed by atoms with van der Waals surface area (Å²) in [4.78, 5) is 12.4. The highest BCUT2D eigenvalue weighted by molar-refractivity contribution is 5.82. The number of rotatable bonds is 1. The molecule has 0 amide bonds. The molecule has 0 saturated carbocycles. The summed E-state index contributed by atoms with van der Waals surface area (Å²) in [5.41, 5.74) is 1.34. The van der Waals surface area contributed by atoms with Crippen LogP contribution in [0, 0.1) is 0 Å². The molecule has 0 aliphatic carbocycles. The van der Waals surface area contributed by atoms with Gasteiger partial charge in [-0.2, -0.15) is 0 Å². The van der Waals surface area contributed by atoms with Crippen molar-refractivity contribution in [3.8, 4) is 11.4 Å². The van der Waals surface area contributed by atoms with Crippen molar-refractivity contribution in [1.29, 1.82) is 0 Å². The number of aryl methyl sites for hydroxylation is 2. The van der Waals surface area contributed by atoms with Gasteiger partial charge < -0.3 is 4.57 Å². The average Bonchev–Trinajstić information content (AvgIpc) is 2.80. The van der Waals surface area contributed by atoms with E-state index in [0.717, 1.165) is 5.52 Å². The second-order valence-corrected chi connectivity index (χ2v) is 4.13. The molecule has 0 fully saturated rings. The summed E-state index contributed by atoms with van der Waals surface area (Å²) in [6.07, 6.45) is 1.76. The van der Waals surface area contributed by atoms with E-state index in [9.17, 15) is 4.79 Å². The van der Waals surface area contributed by atoms with Crippen LogP contribution in [0.4, 0.5) is 0 Å². The summed E-state index contributed by atoms with van der Waals surface area (Å²) in [5, 5.41) is 11.9. The maximum atomic E-state index is 12.4. The van der Waals surface area contributed by atoms with E-state index < -0.39 is 0 Å². The number of hydrogen-bond acceptors (Lipinski definition) is 4. The molecule has 6 heteroatoms. The van der Waals surface area contributed by atoms with Crippen LogP contribution in [0.3, 0.4) is 0 Å². The van der Waals surface area contributed by atoms with Gasteiger partial charge in [-0.15, -0.1) is 5.10 Å². The molecule has 0 N–H and O–H groups in total. The monoisotopic (exact) mass is 241 g/mol. The molecule has 3 rings (SSSR count). The van der Waals surface area contributed by atoms with Crippen LogP contribution in [0.5, 0.6) is 0 Å². The van der Waals surface area contributed by atoms with Crippen LogP contribution in [0.1, 0.15) is 0 Å². The second-order valence-electron chi connectivity index (χ2n) is 4.13. The van der Waals surface area contributed by atoms with Gasteiger partial charge in [-0.25, -0.2) is 4.68 Å². The Hall–Kier alpha value is -2.50. The van der Waals surface area contributed by atoms with E-state index in [1.807, 2.05) is 35.9 Å². The van der Waals surface area contributed by atoms with Crippen LogP contribution in [0.2, 0.25) is 0 Å². The first kappa shape index (κ1) is 10.6. The van der Waals surface area contributed by atoms with Gasteiger partial charge in [0.1, 0.15) is 0 Å². The van der Waals surface area contributed by atoms with E-state index in [0.29, 0.717) is 16.8 Å². The molecule has 0 aliphatic heterocycles. The van der Waals surface area contributed by atoms with Crippen molar-refractivity contribution in [2.45, 2.75) is 0 Å². The number of aromatic nitrogens is 5. The summed E-state index contributed by atoms with van der Waals surface area (Å²) < 4.78 is 3.40. The predicted octanol–water partition coefficient (Wildman–Crippen LogP) is 0.729. The molecule has 0 unspecified atom stereocenters. The van der Waals surface area contributed by atoms with Crippen molar-refractivity contribution in [2.75, 3.05) is 0 Å². The van der Waals surface area contributed by atoms with Crippen molar-refractivity contribution in [1.82, 2.24) is 24.8 Å². The van der Waals surface area contributed by atoms with Gasteiger partial charge in [0.25, 0.3) is 0 Å². The molecular formula is C12H11N5O. The van der Waals surface area contributed by atoms with E-state index in [2.05, 4.69) is 15.5 Å². The van der Waals surface area contributed by atoms with Crippen LogP contribution < -0.4 is 5.43 Å². The van der Waals surface area contributed by atoms with Crippen molar-refractivity contribution in [3.05, 3.63) is 40.7 Å². The maximum absolute atomic E-state index is 12.4. The lowest BCUT2D eigenvalue weighted by Crippen LogP contribution is -2.12. The Morgan fingerprint density at radius 1 is 1.17 bits per heavy atom. The van der Waals surface area contributed by atoms with Crippen molar-refractivity contribution >= 4 is 10.9 Å². The predicted molar refractivity (Wildman–Crippen MR) is 67.0 cm³/mol. The third-order valence-electron chi connectivity index (χ3n) is 2.96. The molecule has 0 bridgehead atoms. The molecule has 6 nitrogen and oxygen atoms in total. The lowest BCUT2D eigenvalue weighted by molar-refractivity contribution is 0.714. The van der Waals surface area contributed by atoms with Crippen molar-refractivity contribution < 1.29 is 0 Å². The normalized spacial score (nSPS) is 11.0. The molecule has 0 saturated heterocycles. The third kappa shape index (κ3) is 1.42. The number of hydrogen-bond donors (Lipinski definition) is 0. The zero-order chi connectivity index (χ0) is 12.7. The Morgan fingerprint density at radius 3 is 2.67 bits per heavy atom. The van der Waals surface area contributed by atoms with E-state index in [-0.39, 0.29) is 5.43 Å². The number of fused-ring (bicyclic) bond motifs is 1. The molecule has 0 aliphatic rings. The van der Waals surface area contributed by atoms with Gasteiger partial charge >= 0.3 is 0 Å². The number of benzene rings is 1. The molecule has 3 aromatic rings. The van der Waals surface area contributed by atoms with Crippen LogP contribution in [0.15, 0.2) is 35.3 Å². The minimum atomic E-state index is -0.0541. The first-order valence-corrected chi connectivity index (χ1v) is 5.49. The Bertz CT molecular complexity index is 787. The quantitative estimate of drug-likeness (QED) is 0.630.